The summed E-state index contributed by atoms with van der Waals surface area (Å²) >= 11 is 0. The molecule has 0 unspecified atom stereocenters. The minimum Gasteiger partial charge on any atom is -0.284 e. The van der Waals surface area contributed by atoms with Crippen LogP contribution in [0, 0.1) is 0 Å². The first-order valence-electron chi connectivity index (χ1n) is 10.7. The summed E-state index contributed by atoms with van der Waals surface area (Å²) in [6.45, 7) is 1.47. The molecule has 0 aliphatic heterocycles. The van der Waals surface area contributed by atoms with Crippen molar-refractivity contribution in [1.29, 1.82) is 0 Å². The van der Waals surface area contributed by atoms with Gasteiger partial charge in [0.25, 0.3) is 0 Å². The molecule has 0 spiro atoms. The highest BCUT2D eigenvalue weighted by Crippen LogP contribution is 2.13. The highest BCUT2D eigenvalue weighted by Gasteiger charge is 2.07. The highest BCUT2D eigenvalue weighted by molar-refractivity contribution is 6.13. The first kappa shape index (κ1) is 20.5. The number of rotatable bonds is 8. The Balaban J connectivity index is 1.51. The molecular weight excluding hydrogens is 376 g/mol. The Morgan fingerprint density at radius 3 is 0.903 bits per heavy atom. The lowest BCUT2D eigenvalue weighted by Gasteiger charge is -2.09. The van der Waals surface area contributed by atoms with Crippen LogP contribution in [0.15, 0.2) is 131 Å². The lowest BCUT2D eigenvalue weighted by atomic mass is 10.0. The minimum absolute atomic E-state index is 0.736. The Morgan fingerprint density at radius 1 is 0.387 bits per heavy atom. The van der Waals surface area contributed by atoms with Crippen molar-refractivity contribution in [3.8, 4) is 0 Å². The van der Waals surface area contributed by atoms with Gasteiger partial charge in [0.05, 0.1) is 11.4 Å². The van der Waals surface area contributed by atoms with Gasteiger partial charge in [-0.25, -0.2) is 0 Å². The Morgan fingerprint density at radius 2 is 0.645 bits per heavy atom. The standard InChI is InChI=1S/C29H26N2/c1-5-14-24(15-6-1)28(25-16-7-2-8-17-25)30-22-13-23-31-29(26-18-9-3-10-19-26)27-20-11-4-12-21-27/h1-12,14-21H,13,22-23H2. The summed E-state index contributed by atoms with van der Waals surface area (Å²) in [4.78, 5) is 9.91. The Bertz CT molecular complexity index is 941. The molecule has 0 radical (unpaired) electrons. The first-order chi connectivity index (χ1) is 15.4. The van der Waals surface area contributed by atoms with Gasteiger partial charge < -0.3 is 0 Å². The number of aliphatic imine (C=N–C) groups is 2. The zero-order valence-corrected chi connectivity index (χ0v) is 17.6. The molecule has 0 amide bonds. The van der Waals surface area contributed by atoms with Crippen molar-refractivity contribution in [3.05, 3.63) is 144 Å². The van der Waals surface area contributed by atoms with Crippen LogP contribution in [-0.2, 0) is 0 Å². The van der Waals surface area contributed by atoms with Gasteiger partial charge in [0.2, 0.25) is 0 Å². The predicted octanol–water partition coefficient (Wildman–Crippen LogP) is 6.45. The summed E-state index contributed by atoms with van der Waals surface area (Å²) < 4.78 is 0. The van der Waals surface area contributed by atoms with Gasteiger partial charge in [0.15, 0.2) is 0 Å². The third kappa shape index (κ3) is 5.64. The molecule has 152 valence electrons. The molecule has 0 heterocycles. The van der Waals surface area contributed by atoms with Crippen molar-refractivity contribution in [2.45, 2.75) is 6.42 Å². The maximum absolute atomic E-state index is 4.95. The van der Waals surface area contributed by atoms with Gasteiger partial charge in [-0.05, 0) is 6.42 Å². The Hall–Kier alpha value is -3.78. The van der Waals surface area contributed by atoms with Crippen molar-refractivity contribution < 1.29 is 0 Å². The summed E-state index contributed by atoms with van der Waals surface area (Å²) in [5.74, 6) is 0. The minimum atomic E-state index is 0.736. The fourth-order valence-electron chi connectivity index (χ4n) is 3.54. The molecule has 4 rings (SSSR count). The molecule has 0 saturated carbocycles. The lowest BCUT2D eigenvalue weighted by Crippen LogP contribution is -2.06. The second-order valence-electron chi connectivity index (χ2n) is 7.28. The van der Waals surface area contributed by atoms with Crippen LogP contribution in [0.4, 0.5) is 0 Å². The van der Waals surface area contributed by atoms with Gasteiger partial charge in [0.1, 0.15) is 0 Å². The van der Waals surface area contributed by atoms with E-state index in [4.69, 9.17) is 9.98 Å². The number of hydrogen-bond donors (Lipinski definition) is 0. The van der Waals surface area contributed by atoms with Crippen LogP contribution >= 0.6 is 0 Å². The summed E-state index contributed by atoms with van der Waals surface area (Å²) in [5, 5.41) is 0. The van der Waals surface area contributed by atoms with Crippen LogP contribution in [0.5, 0.6) is 0 Å². The maximum atomic E-state index is 4.95. The average molecular weight is 403 g/mol. The molecular formula is C29H26N2. The molecule has 31 heavy (non-hydrogen) atoms. The van der Waals surface area contributed by atoms with Crippen LogP contribution in [0.25, 0.3) is 0 Å². The van der Waals surface area contributed by atoms with Crippen molar-refractivity contribution >= 4 is 11.4 Å². The molecule has 4 aromatic rings. The van der Waals surface area contributed by atoms with E-state index in [9.17, 15) is 0 Å². The van der Waals surface area contributed by atoms with E-state index in [0.717, 1.165) is 53.2 Å². The second-order valence-corrected chi connectivity index (χ2v) is 7.28. The Kier molecular flexibility index (Phi) is 7.17. The van der Waals surface area contributed by atoms with E-state index in [0.29, 0.717) is 0 Å². The average Bonchev–Trinajstić information content (AvgIpc) is 2.86. The van der Waals surface area contributed by atoms with Gasteiger partial charge in [0, 0.05) is 35.3 Å². The van der Waals surface area contributed by atoms with Crippen molar-refractivity contribution in [2.24, 2.45) is 9.98 Å². The van der Waals surface area contributed by atoms with Crippen molar-refractivity contribution in [2.75, 3.05) is 13.1 Å². The quantitative estimate of drug-likeness (QED) is 0.239. The summed E-state index contributed by atoms with van der Waals surface area (Å²) in [5.41, 5.74) is 6.66. The lowest BCUT2D eigenvalue weighted by molar-refractivity contribution is 0.846. The van der Waals surface area contributed by atoms with Crippen LogP contribution in [0.1, 0.15) is 28.7 Å². The van der Waals surface area contributed by atoms with Crippen LogP contribution in [-0.4, -0.2) is 24.5 Å². The maximum Gasteiger partial charge on any atom is 0.0718 e. The van der Waals surface area contributed by atoms with E-state index >= 15 is 0 Å². The molecule has 0 aliphatic carbocycles. The molecule has 0 aliphatic rings. The fraction of sp³-hybridized carbons (Fsp3) is 0.103. The van der Waals surface area contributed by atoms with Crippen molar-refractivity contribution in [1.82, 2.24) is 0 Å². The highest BCUT2D eigenvalue weighted by atomic mass is 14.8. The van der Waals surface area contributed by atoms with Gasteiger partial charge in [-0.2, -0.15) is 0 Å². The smallest absolute Gasteiger partial charge is 0.0718 e. The van der Waals surface area contributed by atoms with Gasteiger partial charge >= 0.3 is 0 Å². The van der Waals surface area contributed by atoms with Crippen LogP contribution in [0.3, 0.4) is 0 Å². The second kappa shape index (κ2) is 10.8. The summed E-state index contributed by atoms with van der Waals surface area (Å²) in [7, 11) is 0. The molecule has 4 aromatic carbocycles. The predicted molar refractivity (Wildman–Crippen MR) is 131 cm³/mol. The first-order valence-corrected chi connectivity index (χ1v) is 10.7. The van der Waals surface area contributed by atoms with Crippen LogP contribution < -0.4 is 0 Å². The molecule has 0 saturated heterocycles. The fourth-order valence-corrected chi connectivity index (χ4v) is 3.54. The third-order valence-electron chi connectivity index (χ3n) is 5.04. The molecule has 2 heteroatoms. The molecule has 0 aromatic heterocycles. The molecule has 0 fully saturated rings. The van der Waals surface area contributed by atoms with Gasteiger partial charge in [-0.15, -0.1) is 0 Å². The Labute approximate surface area is 184 Å². The summed E-state index contributed by atoms with van der Waals surface area (Å²) in [6.07, 6.45) is 0.895. The molecule has 0 atom stereocenters. The van der Waals surface area contributed by atoms with E-state index < -0.39 is 0 Å². The SMILES string of the molecule is c1ccc(C(=NCCCN=C(c2ccccc2)c2ccccc2)c2ccccc2)cc1. The zero-order chi connectivity index (χ0) is 21.1. The monoisotopic (exact) mass is 402 g/mol. The molecule has 2 nitrogen and oxygen atoms in total. The topological polar surface area (TPSA) is 24.7 Å². The number of hydrogen-bond acceptors (Lipinski definition) is 2. The number of benzene rings is 4. The zero-order valence-electron chi connectivity index (χ0n) is 17.6. The van der Waals surface area contributed by atoms with Gasteiger partial charge in [-0.3, -0.25) is 9.98 Å². The van der Waals surface area contributed by atoms with E-state index in [-0.39, 0.29) is 0 Å². The third-order valence-corrected chi connectivity index (χ3v) is 5.04. The van der Waals surface area contributed by atoms with E-state index in [1.807, 2.05) is 24.3 Å². The van der Waals surface area contributed by atoms with Crippen LogP contribution in [0.2, 0.25) is 0 Å². The molecule has 0 bridgehead atoms. The summed E-state index contributed by atoms with van der Waals surface area (Å²) in [6, 6.07) is 41.6. The van der Waals surface area contributed by atoms with E-state index in [1.165, 1.54) is 0 Å². The van der Waals surface area contributed by atoms with Crippen molar-refractivity contribution in [3.63, 3.8) is 0 Å². The van der Waals surface area contributed by atoms with Gasteiger partial charge in [-0.1, -0.05) is 121 Å². The van der Waals surface area contributed by atoms with E-state index in [2.05, 4.69) is 97.1 Å². The largest absolute Gasteiger partial charge is 0.284 e. The molecule has 0 N–H and O–H groups in total. The number of nitrogens with zero attached hydrogens (tertiary/aromatic N) is 2. The van der Waals surface area contributed by atoms with E-state index in [1.54, 1.807) is 0 Å². The normalized spacial score (nSPS) is 10.3.